The average molecular weight is 1520 g/mol. The van der Waals surface area contributed by atoms with Gasteiger partial charge in [-0.05, 0) is 241 Å². The molecule has 18 heteroatoms. The van der Waals surface area contributed by atoms with Crippen LogP contribution in [0.3, 0.4) is 0 Å². The molecule has 12 aromatic carbocycles. The molecule has 8 amide bonds. The molecule has 4 aliphatic heterocycles. The van der Waals surface area contributed by atoms with E-state index in [1.54, 1.807) is 135 Å². The summed E-state index contributed by atoms with van der Waals surface area (Å²) in [4.78, 5) is 112. The minimum atomic E-state index is -0.475. The molecule has 16 rings (SSSR count). The lowest BCUT2D eigenvalue weighted by molar-refractivity contribution is 0.0653. The smallest absolute Gasteiger partial charge is 0.266 e. The fourth-order valence-corrected chi connectivity index (χ4v) is 14.8. The van der Waals surface area contributed by atoms with E-state index >= 15 is 0 Å². The summed E-state index contributed by atoms with van der Waals surface area (Å²) < 4.78 is 37.3. The van der Waals surface area contributed by atoms with E-state index < -0.39 is 39.9 Å². The van der Waals surface area contributed by atoms with Gasteiger partial charge in [-0.1, -0.05) is 139 Å². The molecule has 18 nitrogen and oxygen atoms in total. The minimum absolute atomic E-state index is 0.159. The van der Waals surface area contributed by atoms with E-state index in [1.165, 1.54) is 9.80 Å². The lowest BCUT2D eigenvalue weighted by Gasteiger charge is -2.26. The molecule has 0 aliphatic carbocycles. The van der Waals surface area contributed by atoms with Crippen LogP contribution in [-0.4, -0.2) is 70.1 Å². The summed E-state index contributed by atoms with van der Waals surface area (Å²) in [5.74, 6) is 2.81. The number of benzene rings is 12. The van der Waals surface area contributed by atoms with Crippen LogP contribution >= 0.6 is 0 Å². The van der Waals surface area contributed by atoms with Gasteiger partial charge in [0.05, 0.1) is 55.9 Å². The van der Waals surface area contributed by atoms with Gasteiger partial charge in [0.15, 0.2) is 0 Å². The number of hydrogen-bond donors (Lipinski definition) is 0. The normalized spacial score (nSPS) is 13.8. The minimum Gasteiger partial charge on any atom is -0.457 e. The van der Waals surface area contributed by atoms with Gasteiger partial charge in [-0.3, -0.25) is 48.2 Å². The first kappa shape index (κ1) is 74.6. The highest BCUT2D eigenvalue weighted by Gasteiger charge is 2.41. The van der Waals surface area contributed by atoms with E-state index in [2.05, 4.69) is 54.7 Å². The molecular formula is C97H76N4O14. The summed E-state index contributed by atoms with van der Waals surface area (Å²) in [5, 5.41) is 0. The van der Waals surface area contributed by atoms with Gasteiger partial charge in [0.1, 0.15) is 69.0 Å². The summed E-state index contributed by atoms with van der Waals surface area (Å²) in [7, 11) is 0. The molecule has 0 saturated heterocycles. The monoisotopic (exact) mass is 1520 g/mol. The van der Waals surface area contributed by atoms with Crippen LogP contribution in [0.4, 0.5) is 11.4 Å². The number of rotatable bonds is 24. The van der Waals surface area contributed by atoms with Crippen LogP contribution in [0, 0.1) is 0 Å². The lowest BCUT2D eigenvalue weighted by atomic mass is 9.78. The Morgan fingerprint density at radius 2 is 0.400 bits per heavy atom. The molecule has 0 spiro atoms. The Kier molecular flexibility index (Phi) is 19.0. The summed E-state index contributed by atoms with van der Waals surface area (Å²) in [6.45, 7) is 24.3. The molecule has 4 heterocycles. The van der Waals surface area contributed by atoms with E-state index in [0.717, 1.165) is 43.2 Å². The molecule has 0 aromatic heterocycles. The standard InChI is InChI=1S/C97H76N4O14/c1-57(2)55-98-87(102)79-47-43-75(51-83(79)89(98)104)112-69-31-15-61(16-32-69)96(7,8)63-19-35-71(36-20-63)114-77-45-49-81-85(53-77)93(108)100(91(81)106)65-23-39-73(40-24-65)110-67-27-11-59(12-28-67)95(5,6)60-13-29-68(30-14-60)111-74-41-25-66(26-42-74)101-92(107)82-50-46-78(54-86(82)94(101)109)115-72-37-21-64(22-38-72)97(9,10)62-17-33-70(34-18-62)113-76-44-48-80-84(52-76)90(105)99(88(80)103)56-58(3)4/h11-54H,1,3,55-56H2,2,4-10H3. The first-order chi connectivity index (χ1) is 55.1. The van der Waals surface area contributed by atoms with E-state index in [9.17, 15) is 38.4 Å². The molecule has 0 fully saturated rings. The molecule has 0 unspecified atom stereocenters. The van der Waals surface area contributed by atoms with Crippen molar-refractivity contribution in [3.05, 3.63) is 369 Å². The maximum absolute atomic E-state index is 14.0. The molecule has 4 aliphatic rings. The number of imide groups is 4. The molecule has 115 heavy (non-hydrogen) atoms. The SMILES string of the molecule is C=C(C)CN1C(=O)c2ccc(Oc3ccc(C(C)(C)c4ccc(Oc5ccc6c(c5)C(=O)N(c5ccc(Oc7ccc(C(C)(C)c8ccc(Oc9ccc(N%10C(=O)c%11ccc(Oc%12ccc(C(C)(C)c%13ccc(Oc%14ccc%15c(c%14)C(=O)N(CC(=C)C)C%15=O)cc%13)cc%12)cc%11C%10=O)cc9)cc8)cc7)cc5)C6=O)cc4)cc3)cc2C1=O. The van der Waals surface area contributed by atoms with Crippen LogP contribution in [-0.2, 0) is 16.2 Å². The van der Waals surface area contributed by atoms with Gasteiger partial charge in [0.2, 0.25) is 0 Å². The van der Waals surface area contributed by atoms with Gasteiger partial charge in [-0.25, -0.2) is 9.80 Å². The Labute approximate surface area is 664 Å². The molecule has 0 saturated carbocycles. The van der Waals surface area contributed by atoms with Crippen LogP contribution in [0.2, 0.25) is 0 Å². The van der Waals surface area contributed by atoms with E-state index in [0.29, 0.717) is 114 Å². The quantitative estimate of drug-likeness (QED) is 0.0408. The lowest BCUT2D eigenvalue weighted by Crippen LogP contribution is -2.31. The zero-order valence-corrected chi connectivity index (χ0v) is 64.2. The van der Waals surface area contributed by atoms with Crippen LogP contribution < -0.4 is 38.2 Å². The Morgan fingerprint density at radius 3 is 0.617 bits per heavy atom. The highest BCUT2D eigenvalue weighted by Crippen LogP contribution is 2.43. The fourth-order valence-electron chi connectivity index (χ4n) is 14.8. The third kappa shape index (κ3) is 14.3. The highest BCUT2D eigenvalue weighted by atomic mass is 16.5. The van der Waals surface area contributed by atoms with Crippen molar-refractivity contribution in [3.8, 4) is 69.0 Å². The van der Waals surface area contributed by atoms with Gasteiger partial charge < -0.3 is 28.4 Å². The van der Waals surface area contributed by atoms with Gasteiger partial charge in [-0.15, -0.1) is 0 Å². The average Bonchev–Trinajstić information content (AvgIpc) is 1.64. The van der Waals surface area contributed by atoms with Crippen molar-refractivity contribution in [1.29, 1.82) is 0 Å². The van der Waals surface area contributed by atoms with Crippen LogP contribution in [0.5, 0.6) is 69.0 Å². The van der Waals surface area contributed by atoms with E-state index in [-0.39, 0.29) is 59.0 Å². The Bertz CT molecular complexity index is 5660. The molecule has 12 aromatic rings. The second-order valence-electron chi connectivity index (χ2n) is 30.6. The number of nitrogens with zero attached hydrogens (tertiary/aromatic N) is 4. The first-order valence-electron chi connectivity index (χ1n) is 37.4. The highest BCUT2D eigenvalue weighted by molar-refractivity contribution is 6.35. The zero-order chi connectivity index (χ0) is 80.5. The third-order valence-corrected chi connectivity index (χ3v) is 21.5. The molecule has 0 radical (unpaired) electrons. The van der Waals surface area contributed by atoms with Gasteiger partial charge in [0, 0.05) is 29.3 Å². The Balaban J connectivity index is 0.487. The third-order valence-electron chi connectivity index (χ3n) is 21.5. The van der Waals surface area contributed by atoms with Crippen molar-refractivity contribution in [2.45, 2.75) is 71.6 Å². The first-order valence-corrected chi connectivity index (χ1v) is 37.4. The molecule has 0 bridgehead atoms. The summed E-state index contributed by atoms with van der Waals surface area (Å²) in [6.07, 6.45) is 0. The maximum Gasteiger partial charge on any atom is 0.266 e. The topological polar surface area (TPSA) is 205 Å². The van der Waals surface area contributed by atoms with Crippen molar-refractivity contribution in [2.24, 2.45) is 0 Å². The Morgan fingerprint density at radius 1 is 0.235 bits per heavy atom. The predicted octanol–water partition coefficient (Wildman–Crippen LogP) is 21.4. The number of hydrogen-bond acceptors (Lipinski definition) is 14. The number of carbonyl (C=O) groups excluding carboxylic acids is 8. The number of anilines is 2. The van der Waals surface area contributed by atoms with Crippen LogP contribution in [0.15, 0.2) is 291 Å². The molecular weight excluding hydrogens is 1450 g/mol. The number of amides is 8. The van der Waals surface area contributed by atoms with Crippen molar-refractivity contribution < 1.29 is 66.8 Å². The largest absolute Gasteiger partial charge is 0.457 e. The van der Waals surface area contributed by atoms with Gasteiger partial charge >= 0.3 is 0 Å². The molecule has 0 atom stereocenters. The van der Waals surface area contributed by atoms with Crippen LogP contribution in [0.25, 0.3) is 0 Å². The summed E-state index contributed by atoms with van der Waals surface area (Å²) >= 11 is 0. The van der Waals surface area contributed by atoms with E-state index in [4.69, 9.17) is 28.4 Å². The predicted molar refractivity (Wildman–Crippen MR) is 437 cm³/mol. The maximum atomic E-state index is 14.0. The number of carbonyl (C=O) groups is 8. The second-order valence-corrected chi connectivity index (χ2v) is 30.6. The number of fused-ring (bicyclic) bond motifs is 4. The fraction of sp³-hybridized carbons (Fsp3) is 0.134. The van der Waals surface area contributed by atoms with Gasteiger partial charge in [0.25, 0.3) is 47.3 Å². The van der Waals surface area contributed by atoms with E-state index in [1.807, 2.05) is 146 Å². The van der Waals surface area contributed by atoms with Crippen molar-refractivity contribution in [2.75, 3.05) is 22.9 Å². The summed E-state index contributed by atoms with van der Waals surface area (Å²) in [5.41, 5.74) is 9.33. The zero-order valence-electron chi connectivity index (χ0n) is 64.2. The Hall–Kier alpha value is -14.5. The van der Waals surface area contributed by atoms with Crippen molar-refractivity contribution in [3.63, 3.8) is 0 Å². The number of ether oxygens (including phenoxy) is 6. The second kappa shape index (κ2) is 29.3. The summed E-state index contributed by atoms with van der Waals surface area (Å²) in [6, 6.07) is 79.5. The van der Waals surface area contributed by atoms with Crippen molar-refractivity contribution >= 4 is 58.6 Å². The molecule has 568 valence electrons. The van der Waals surface area contributed by atoms with Crippen molar-refractivity contribution in [1.82, 2.24) is 9.80 Å². The molecule has 0 N–H and O–H groups in total. The van der Waals surface area contributed by atoms with Crippen LogP contribution in [0.1, 0.15) is 172 Å². The van der Waals surface area contributed by atoms with Gasteiger partial charge in [-0.2, -0.15) is 0 Å².